The summed E-state index contributed by atoms with van der Waals surface area (Å²) in [6.07, 6.45) is 3.84. The zero-order chi connectivity index (χ0) is 22.5. The van der Waals surface area contributed by atoms with Gasteiger partial charge in [0, 0.05) is 44.0 Å². The van der Waals surface area contributed by atoms with Crippen LogP contribution in [0.4, 0.5) is 0 Å². The Kier molecular flexibility index (Phi) is 7.57. The van der Waals surface area contributed by atoms with Gasteiger partial charge in [-0.05, 0) is 36.6 Å². The van der Waals surface area contributed by atoms with Gasteiger partial charge >= 0.3 is 0 Å². The predicted octanol–water partition coefficient (Wildman–Crippen LogP) is 2.60. The second kappa shape index (κ2) is 10.6. The lowest BCUT2D eigenvalue weighted by molar-refractivity contribution is -0.131. The number of hydrogen-bond acceptors (Lipinski definition) is 6. The number of carbonyl (C=O) groups excluding carboxylic acids is 2. The van der Waals surface area contributed by atoms with Crippen LogP contribution < -0.4 is 5.32 Å². The fraction of sp³-hybridized carbons (Fsp3) is 0.652. The van der Waals surface area contributed by atoms with E-state index in [1.165, 1.54) is 4.88 Å². The molecule has 1 fully saturated rings. The fourth-order valence-electron chi connectivity index (χ4n) is 4.39. The molecule has 2 aromatic heterocycles. The number of aromatic nitrogens is 3. The minimum absolute atomic E-state index is 0.0229. The topological polar surface area (TPSA) is 89.3 Å². The summed E-state index contributed by atoms with van der Waals surface area (Å²) in [5.41, 5.74) is 0. The van der Waals surface area contributed by atoms with E-state index in [0.717, 1.165) is 30.9 Å². The molecular weight excluding hydrogens is 426 g/mol. The van der Waals surface area contributed by atoms with Crippen LogP contribution in [0.25, 0.3) is 0 Å². The van der Waals surface area contributed by atoms with Crippen molar-refractivity contribution in [3.63, 3.8) is 0 Å². The highest BCUT2D eigenvalue weighted by atomic mass is 32.1. The molecule has 2 aliphatic rings. The molecule has 0 aromatic carbocycles. The van der Waals surface area contributed by atoms with Crippen molar-refractivity contribution in [1.29, 1.82) is 0 Å². The molecule has 2 aliphatic heterocycles. The molecule has 8 nitrogen and oxygen atoms in total. The van der Waals surface area contributed by atoms with Crippen molar-refractivity contribution in [2.45, 2.75) is 58.5 Å². The molecule has 1 saturated heterocycles. The third kappa shape index (κ3) is 5.38. The summed E-state index contributed by atoms with van der Waals surface area (Å²) in [6, 6.07) is 3.97. The maximum Gasteiger partial charge on any atom is 0.226 e. The average molecular weight is 460 g/mol. The molecule has 2 aromatic rings. The SMILES string of the molecule is CC(C)[C@@H](NC(=O)[C@@H]1CCOC1)c1nnc2n1CCN(C(=O)CCCc1cccs1)CC2. The lowest BCUT2D eigenvalue weighted by Gasteiger charge is -2.24. The van der Waals surface area contributed by atoms with Crippen LogP contribution in [0.15, 0.2) is 17.5 Å². The van der Waals surface area contributed by atoms with Gasteiger partial charge in [-0.15, -0.1) is 21.5 Å². The second-order valence-corrected chi connectivity index (χ2v) is 10.0. The van der Waals surface area contributed by atoms with Crippen molar-refractivity contribution in [1.82, 2.24) is 25.0 Å². The number of carbonyl (C=O) groups is 2. The van der Waals surface area contributed by atoms with Gasteiger partial charge in [-0.3, -0.25) is 9.59 Å². The van der Waals surface area contributed by atoms with Crippen molar-refractivity contribution >= 4 is 23.2 Å². The maximum atomic E-state index is 12.8. The number of aryl methyl sites for hydroxylation is 1. The number of nitrogens with one attached hydrogen (secondary N) is 1. The van der Waals surface area contributed by atoms with Crippen LogP contribution in [0, 0.1) is 11.8 Å². The normalized spacial score (nSPS) is 19.6. The Hall–Kier alpha value is -2.26. The number of ether oxygens (including phenoxy) is 1. The van der Waals surface area contributed by atoms with E-state index in [0.29, 0.717) is 45.7 Å². The van der Waals surface area contributed by atoms with Gasteiger partial charge in [0.05, 0.1) is 18.6 Å². The van der Waals surface area contributed by atoms with Crippen LogP contribution in [-0.2, 0) is 33.7 Å². The summed E-state index contributed by atoms with van der Waals surface area (Å²) >= 11 is 1.74. The van der Waals surface area contributed by atoms with Crippen molar-refractivity contribution < 1.29 is 14.3 Å². The standard InChI is InChI=1S/C23H33N5O3S/c1-16(2)21(24-23(30)17-9-13-31-15-17)22-26-25-19-8-10-27(11-12-28(19)22)20(29)7-3-5-18-6-4-14-32-18/h4,6,14,16-17,21H,3,5,7-13,15H2,1-2H3,(H,24,30)/t17-,21-/m1/s1. The zero-order valence-electron chi connectivity index (χ0n) is 19.0. The summed E-state index contributed by atoms with van der Waals surface area (Å²) in [6.45, 7) is 7.24. The van der Waals surface area contributed by atoms with E-state index in [9.17, 15) is 9.59 Å². The van der Waals surface area contributed by atoms with Crippen LogP contribution >= 0.6 is 11.3 Å². The third-order valence-corrected chi connectivity index (χ3v) is 7.28. The van der Waals surface area contributed by atoms with E-state index < -0.39 is 0 Å². The van der Waals surface area contributed by atoms with Gasteiger partial charge in [0.1, 0.15) is 5.82 Å². The smallest absolute Gasteiger partial charge is 0.226 e. The van der Waals surface area contributed by atoms with Gasteiger partial charge in [-0.25, -0.2) is 0 Å². The molecule has 0 bridgehead atoms. The molecule has 1 N–H and O–H groups in total. The largest absolute Gasteiger partial charge is 0.381 e. The molecule has 4 rings (SSSR count). The minimum atomic E-state index is -0.211. The fourth-order valence-corrected chi connectivity index (χ4v) is 5.14. The predicted molar refractivity (Wildman–Crippen MR) is 122 cm³/mol. The number of hydrogen-bond donors (Lipinski definition) is 1. The van der Waals surface area contributed by atoms with Crippen molar-refractivity contribution in [2.75, 3.05) is 26.3 Å². The van der Waals surface area contributed by atoms with E-state index in [4.69, 9.17) is 4.74 Å². The molecule has 9 heteroatoms. The first-order valence-electron chi connectivity index (χ1n) is 11.6. The lowest BCUT2D eigenvalue weighted by atomic mass is 10.0. The summed E-state index contributed by atoms with van der Waals surface area (Å²) in [5, 5.41) is 14.1. The molecule has 0 unspecified atom stereocenters. The van der Waals surface area contributed by atoms with Gasteiger partial charge in [0.25, 0.3) is 0 Å². The van der Waals surface area contributed by atoms with Gasteiger partial charge in [0.15, 0.2) is 5.82 Å². The Labute approximate surface area is 193 Å². The van der Waals surface area contributed by atoms with Crippen LogP contribution in [0.2, 0.25) is 0 Å². The van der Waals surface area contributed by atoms with E-state index in [1.54, 1.807) is 11.3 Å². The quantitative estimate of drug-likeness (QED) is 0.655. The Morgan fingerprint density at radius 2 is 2.16 bits per heavy atom. The second-order valence-electron chi connectivity index (χ2n) is 8.98. The average Bonchev–Trinajstić information content (AvgIpc) is 3.53. The van der Waals surface area contributed by atoms with Crippen molar-refractivity contribution in [2.24, 2.45) is 11.8 Å². The monoisotopic (exact) mass is 459 g/mol. The molecule has 4 heterocycles. The first kappa shape index (κ1) is 22.9. The lowest BCUT2D eigenvalue weighted by Crippen LogP contribution is -2.38. The highest BCUT2D eigenvalue weighted by Gasteiger charge is 2.31. The maximum absolute atomic E-state index is 12.8. The van der Waals surface area contributed by atoms with E-state index >= 15 is 0 Å². The first-order chi connectivity index (χ1) is 15.5. The van der Waals surface area contributed by atoms with Gasteiger partial charge in [-0.2, -0.15) is 0 Å². The molecule has 0 saturated carbocycles. The number of nitrogens with zero attached hydrogens (tertiary/aromatic N) is 4. The molecule has 0 spiro atoms. The molecular formula is C23H33N5O3S. The van der Waals surface area contributed by atoms with Crippen LogP contribution in [0.3, 0.4) is 0 Å². The van der Waals surface area contributed by atoms with Crippen LogP contribution in [0.1, 0.15) is 55.7 Å². The number of thiophene rings is 1. The number of rotatable bonds is 8. The Bertz CT molecular complexity index is 905. The van der Waals surface area contributed by atoms with Crippen LogP contribution in [-0.4, -0.2) is 57.8 Å². The third-order valence-electron chi connectivity index (χ3n) is 6.34. The number of amides is 2. The van der Waals surface area contributed by atoms with Gasteiger partial charge in [0.2, 0.25) is 11.8 Å². The molecule has 0 aliphatic carbocycles. The molecule has 174 valence electrons. The summed E-state index contributed by atoms with van der Waals surface area (Å²) in [5.74, 6) is 1.98. The molecule has 0 radical (unpaired) electrons. The van der Waals surface area contributed by atoms with E-state index in [1.807, 2.05) is 4.90 Å². The molecule has 2 atom stereocenters. The zero-order valence-corrected chi connectivity index (χ0v) is 19.8. The first-order valence-corrected chi connectivity index (χ1v) is 12.5. The van der Waals surface area contributed by atoms with E-state index in [-0.39, 0.29) is 29.7 Å². The van der Waals surface area contributed by atoms with Crippen LogP contribution in [0.5, 0.6) is 0 Å². The summed E-state index contributed by atoms with van der Waals surface area (Å²) in [7, 11) is 0. The number of fused-ring (bicyclic) bond motifs is 1. The summed E-state index contributed by atoms with van der Waals surface area (Å²) < 4.78 is 7.48. The Balaban J connectivity index is 1.37. The highest BCUT2D eigenvalue weighted by molar-refractivity contribution is 7.09. The molecule has 2 amide bonds. The Morgan fingerprint density at radius 1 is 1.28 bits per heavy atom. The minimum Gasteiger partial charge on any atom is -0.381 e. The van der Waals surface area contributed by atoms with Crippen molar-refractivity contribution in [3.05, 3.63) is 34.0 Å². The van der Waals surface area contributed by atoms with Gasteiger partial charge < -0.3 is 19.5 Å². The molecule has 32 heavy (non-hydrogen) atoms. The van der Waals surface area contributed by atoms with Crippen molar-refractivity contribution in [3.8, 4) is 0 Å². The highest BCUT2D eigenvalue weighted by Crippen LogP contribution is 2.24. The van der Waals surface area contributed by atoms with Gasteiger partial charge in [-0.1, -0.05) is 19.9 Å². The summed E-state index contributed by atoms with van der Waals surface area (Å²) in [4.78, 5) is 28.8. The Morgan fingerprint density at radius 3 is 2.88 bits per heavy atom. The van der Waals surface area contributed by atoms with E-state index in [2.05, 4.69) is 51.4 Å².